The molecule has 0 aliphatic rings. The van der Waals surface area contributed by atoms with Crippen LogP contribution in [0.3, 0.4) is 0 Å². The maximum absolute atomic E-state index is 13.6. The van der Waals surface area contributed by atoms with E-state index in [2.05, 4.69) is 15.6 Å². The molecule has 3 aromatic rings. The molecular formula is C16H12ClFN4O. The minimum atomic E-state index is -0.570. The van der Waals surface area contributed by atoms with Crippen LogP contribution in [-0.4, -0.2) is 20.9 Å². The lowest BCUT2D eigenvalue weighted by Gasteiger charge is -2.04. The molecule has 0 fully saturated rings. The van der Waals surface area contributed by atoms with E-state index in [0.717, 1.165) is 5.56 Å². The summed E-state index contributed by atoms with van der Waals surface area (Å²) in [4.78, 5) is 12.1. The molecule has 5 nitrogen and oxygen atoms in total. The normalized spacial score (nSPS) is 10.5. The maximum Gasteiger partial charge on any atom is 0.277 e. The van der Waals surface area contributed by atoms with Gasteiger partial charge in [0.15, 0.2) is 5.69 Å². The van der Waals surface area contributed by atoms with Gasteiger partial charge in [-0.25, -0.2) is 9.07 Å². The SMILES string of the molecule is O=C(Nc1cc(Cl)ccc1F)c1cn(Cc2ccccc2)nn1. The van der Waals surface area contributed by atoms with E-state index in [1.807, 2.05) is 30.3 Å². The van der Waals surface area contributed by atoms with E-state index in [0.29, 0.717) is 11.6 Å². The van der Waals surface area contributed by atoms with Crippen molar-refractivity contribution in [2.75, 3.05) is 5.32 Å². The third-order valence-corrected chi connectivity index (χ3v) is 3.37. The molecular weight excluding hydrogens is 319 g/mol. The van der Waals surface area contributed by atoms with Crippen molar-refractivity contribution in [1.29, 1.82) is 0 Å². The zero-order valence-corrected chi connectivity index (χ0v) is 12.7. The summed E-state index contributed by atoms with van der Waals surface area (Å²) in [6.07, 6.45) is 1.50. The molecule has 7 heteroatoms. The Hall–Kier alpha value is -2.73. The molecule has 0 atom stereocenters. The van der Waals surface area contributed by atoms with Crippen molar-refractivity contribution in [3.63, 3.8) is 0 Å². The molecule has 23 heavy (non-hydrogen) atoms. The maximum atomic E-state index is 13.6. The van der Waals surface area contributed by atoms with Crippen molar-refractivity contribution >= 4 is 23.2 Å². The average Bonchev–Trinajstić information content (AvgIpc) is 3.00. The highest BCUT2D eigenvalue weighted by Gasteiger charge is 2.13. The number of aromatic nitrogens is 3. The third kappa shape index (κ3) is 3.73. The summed E-state index contributed by atoms with van der Waals surface area (Å²) in [7, 11) is 0. The molecule has 3 rings (SSSR count). The Morgan fingerprint density at radius 1 is 1.22 bits per heavy atom. The first-order chi connectivity index (χ1) is 11.1. The summed E-state index contributed by atoms with van der Waals surface area (Å²) in [6.45, 7) is 0.493. The molecule has 0 aliphatic carbocycles. The average molecular weight is 331 g/mol. The fraction of sp³-hybridized carbons (Fsp3) is 0.0625. The highest BCUT2D eigenvalue weighted by atomic mass is 35.5. The van der Waals surface area contributed by atoms with Gasteiger partial charge in [-0.1, -0.05) is 47.1 Å². The van der Waals surface area contributed by atoms with Gasteiger partial charge in [-0.2, -0.15) is 0 Å². The molecule has 1 heterocycles. The Labute approximate surface area is 136 Å². The largest absolute Gasteiger partial charge is 0.318 e. The van der Waals surface area contributed by atoms with Gasteiger partial charge in [0.25, 0.3) is 5.91 Å². The van der Waals surface area contributed by atoms with Gasteiger partial charge in [0.05, 0.1) is 18.4 Å². The molecule has 2 aromatic carbocycles. The molecule has 0 saturated carbocycles. The quantitative estimate of drug-likeness (QED) is 0.798. The molecule has 0 spiro atoms. The van der Waals surface area contributed by atoms with Gasteiger partial charge in [0.1, 0.15) is 5.82 Å². The molecule has 116 valence electrons. The summed E-state index contributed by atoms with van der Waals surface area (Å²) in [6, 6.07) is 13.6. The Morgan fingerprint density at radius 3 is 2.78 bits per heavy atom. The number of rotatable bonds is 4. The lowest BCUT2D eigenvalue weighted by Crippen LogP contribution is -2.13. The van der Waals surface area contributed by atoms with E-state index in [-0.39, 0.29) is 11.4 Å². The second-order valence-electron chi connectivity index (χ2n) is 4.87. The van der Waals surface area contributed by atoms with Crippen molar-refractivity contribution in [2.45, 2.75) is 6.54 Å². The summed E-state index contributed by atoms with van der Waals surface area (Å²) < 4.78 is 15.2. The number of hydrogen-bond donors (Lipinski definition) is 1. The van der Waals surface area contributed by atoms with Crippen LogP contribution in [-0.2, 0) is 6.54 Å². The number of hydrogen-bond acceptors (Lipinski definition) is 3. The van der Waals surface area contributed by atoms with Crippen molar-refractivity contribution in [3.8, 4) is 0 Å². The minimum absolute atomic E-state index is 0.000101. The molecule has 0 saturated heterocycles. The second-order valence-corrected chi connectivity index (χ2v) is 5.30. The van der Waals surface area contributed by atoms with E-state index in [4.69, 9.17) is 11.6 Å². The first-order valence-corrected chi connectivity index (χ1v) is 7.20. The fourth-order valence-electron chi connectivity index (χ4n) is 2.03. The fourth-order valence-corrected chi connectivity index (χ4v) is 2.20. The smallest absolute Gasteiger partial charge is 0.277 e. The number of nitrogens with one attached hydrogen (secondary N) is 1. The molecule has 0 unspecified atom stereocenters. The van der Waals surface area contributed by atoms with Gasteiger partial charge >= 0.3 is 0 Å². The lowest BCUT2D eigenvalue weighted by molar-refractivity contribution is 0.102. The number of benzene rings is 2. The highest BCUT2D eigenvalue weighted by molar-refractivity contribution is 6.31. The first kappa shape index (κ1) is 15.2. The third-order valence-electron chi connectivity index (χ3n) is 3.14. The topological polar surface area (TPSA) is 59.8 Å². The van der Waals surface area contributed by atoms with Crippen molar-refractivity contribution < 1.29 is 9.18 Å². The van der Waals surface area contributed by atoms with Crippen LogP contribution in [0.5, 0.6) is 0 Å². The van der Waals surface area contributed by atoms with Crippen LogP contribution in [0.4, 0.5) is 10.1 Å². The Balaban J connectivity index is 1.72. The zero-order valence-electron chi connectivity index (χ0n) is 11.9. The Bertz CT molecular complexity index is 835. The summed E-state index contributed by atoms with van der Waals surface area (Å²) in [5, 5.41) is 10.5. The van der Waals surface area contributed by atoms with Crippen LogP contribution in [0, 0.1) is 5.82 Å². The van der Waals surface area contributed by atoms with Gasteiger partial charge < -0.3 is 5.32 Å². The molecule has 1 amide bonds. The Kier molecular flexibility index (Phi) is 4.34. The second kappa shape index (κ2) is 6.58. The van der Waals surface area contributed by atoms with E-state index < -0.39 is 11.7 Å². The molecule has 0 aliphatic heterocycles. The number of halogens is 2. The summed E-state index contributed by atoms with van der Waals surface area (Å²) in [5.74, 6) is -1.12. The molecule has 1 aromatic heterocycles. The van der Waals surface area contributed by atoms with Crippen LogP contribution in [0.25, 0.3) is 0 Å². The van der Waals surface area contributed by atoms with E-state index in [1.165, 1.54) is 24.4 Å². The summed E-state index contributed by atoms with van der Waals surface area (Å²) >= 11 is 5.79. The van der Waals surface area contributed by atoms with Crippen LogP contribution in [0.1, 0.15) is 16.1 Å². The van der Waals surface area contributed by atoms with E-state index >= 15 is 0 Å². The number of amides is 1. The number of anilines is 1. The molecule has 0 bridgehead atoms. The van der Waals surface area contributed by atoms with Gasteiger partial charge in [0.2, 0.25) is 0 Å². The predicted molar refractivity (Wildman–Crippen MR) is 84.9 cm³/mol. The minimum Gasteiger partial charge on any atom is -0.318 e. The zero-order chi connectivity index (χ0) is 16.2. The number of carbonyl (C=O) groups is 1. The monoisotopic (exact) mass is 330 g/mol. The highest BCUT2D eigenvalue weighted by Crippen LogP contribution is 2.20. The van der Waals surface area contributed by atoms with Gasteiger partial charge in [-0.3, -0.25) is 4.79 Å². The standard InChI is InChI=1S/C16H12ClFN4O/c17-12-6-7-13(18)14(8-12)19-16(23)15-10-22(21-20-15)9-11-4-2-1-3-5-11/h1-8,10H,9H2,(H,19,23). The molecule has 1 N–H and O–H groups in total. The van der Waals surface area contributed by atoms with Crippen molar-refractivity contribution in [2.24, 2.45) is 0 Å². The van der Waals surface area contributed by atoms with Crippen molar-refractivity contribution in [1.82, 2.24) is 15.0 Å². The first-order valence-electron chi connectivity index (χ1n) is 6.82. The Morgan fingerprint density at radius 2 is 2.00 bits per heavy atom. The number of carbonyl (C=O) groups excluding carboxylic acids is 1. The van der Waals surface area contributed by atoms with Gasteiger partial charge in [0, 0.05) is 5.02 Å². The molecule has 0 radical (unpaired) electrons. The summed E-state index contributed by atoms with van der Waals surface area (Å²) in [5.41, 5.74) is 1.13. The van der Waals surface area contributed by atoms with Crippen molar-refractivity contribution in [3.05, 3.63) is 76.8 Å². The number of nitrogens with zero attached hydrogens (tertiary/aromatic N) is 3. The van der Waals surface area contributed by atoms with Gasteiger partial charge in [-0.15, -0.1) is 5.10 Å². The van der Waals surface area contributed by atoms with E-state index in [1.54, 1.807) is 4.68 Å². The van der Waals surface area contributed by atoms with Gasteiger partial charge in [-0.05, 0) is 23.8 Å². The van der Waals surface area contributed by atoms with Crippen LogP contribution >= 0.6 is 11.6 Å². The lowest BCUT2D eigenvalue weighted by atomic mass is 10.2. The van der Waals surface area contributed by atoms with Crippen LogP contribution in [0.2, 0.25) is 5.02 Å². The van der Waals surface area contributed by atoms with Crippen LogP contribution in [0.15, 0.2) is 54.7 Å². The predicted octanol–water partition coefficient (Wildman–Crippen LogP) is 3.37. The van der Waals surface area contributed by atoms with Crippen LogP contribution < -0.4 is 5.32 Å². The van der Waals surface area contributed by atoms with E-state index in [9.17, 15) is 9.18 Å².